The summed E-state index contributed by atoms with van der Waals surface area (Å²) >= 11 is 0. The fourth-order valence-electron chi connectivity index (χ4n) is 3.37. The Morgan fingerprint density at radius 3 is 2.13 bits per heavy atom. The van der Waals surface area contributed by atoms with E-state index in [2.05, 4.69) is 10.6 Å². The van der Waals surface area contributed by atoms with E-state index in [0.717, 1.165) is 31.9 Å². The highest BCUT2D eigenvalue weighted by Crippen LogP contribution is 2.22. The molecular formula is C21H27N3O5S2. The van der Waals surface area contributed by atoms with E-state index >= 15 is 0 Å². The van der Waals surface area contributed by atoms with Gasteiger partial charge in [0.15, 0.2) is 9.84 Å². The summed E-state index contributed by atoms with van der Waals surface area (Å²) in [4.78, 5) is 12.6. The lowest BCUT2D eigenvalue weighted by atomic mass is 10.2. The van der Waals surface area contributed by atoms with Crippen LogP contribution in [0.1, 0.15) is 25.7 Å². The van der Waals surface area contributed by atoms with Gasteiger partial charge in [-0.25, -0.2) is 16.8 Å². The van der Waals surface area contributed by atoms with Crippen LogP contribution in [-0.4, -0.2) is 52.9 Å². The zero-order valence-electron chi connectivity index (χ0n) is 17.4. The van der Waals surface area contributed by atoms with Gasteiger partial charge in [0.05, 0.1) is 16.3 Å². The number of nitrogens with one attached hydrogen (secondary N) is 2. The summed E-state index contributed by atoms with van der Waals surface area (Å²) in [6, 6.07) is 12.3. The number of carbonyl (C=O) groups excluding carboxylic acids is 1. The van der Waals surface area contributed by atoms with Crippen LogP contribution in [0.25, 0.3) is 0 Å². The minimum absolute atomic E-state index is 0.0684. The van der Waals surface area contributed by atoms with Gasteiger partial charge in [0, 0.05) is 30.7 Å². The van der Waals surface area contributed by atoms with Crippen molar-refractivity contribution in [3.05, 3.63) is 48.5 Å². The van der Waals surface area contributed by atoms with E-state index in [0.29, 0.717) is 24.5 Å². The lowest BCUT2D eigenvalue weighted by Crippen LogP contribution is -2.32. The first-order valence-electron chi connectivity index (χ1n) is 10.1. The quantitative estimate of drug-likeness (QED) is 0.650. The van der Waals surface area contributed by atoms with Crippen LogP contribution < -0.4 is 10.6 Å². The van der Waals surface area contributed by atoms with Crippen LogP contribution in [0.3, 0.4) is 0 Å². The van der Waals surface area contributed by atoms with Crippen LogP contribution in [0.15, 0.2) is 58.3 Å². The van der Waals surface area contributed by atoms with Crippen LogP contribution >= 0.6 is 0 Å². The van der Waals surface area contributed by atoms with Crippen LogP contribution in [0.4, 0.5) is 11.4 Å². The molecule has 1 saturated heterocycles. The molecule has 0 aromatic heterocycles. The summed E-state index contributed by atoms with van der Waals surface area (Å²) in [5.41, 5.74) is 0.996. The van der Waals surface area contributed by atoms with Gasteiger partial charge < -0.3 is 10.6 Å². The first kappa shape index (κ1) is 23.2. The Morgan fingerprint density at radius 1 is 0.871 bits per heavy atom. The third-order valence-corrected chi connectivity index (χ3v) is 8.08. The fourth-order valence-corrected chi connectivity index (χ4v) is 5.56. The van der Waals surface area contributed by atoms with Crippen molar-refractivity contribution >= 4 is 37.1 Å². The molecule has 2 aromatic carbocycles. The topological polar surface area (TPSA) is 113 Å². The number of benzene rings is 2. The molecule has 0 bridgehead atoms. The van der Waals surface area contributed by atoms with Gasteiger partial charge in [-0.15, -0.1) is 0 Å². The maximum absolute atomic E-state index is 12.9. The number of amides is 1. The summed E-state index contributed by atoms with van der Waals surface area (Å²) < 4.78 is 50.4. The predicted molar refractivity (Wildman–Crippen MR) is 120 cm³/mol. The molecular weight excluding hydrogens is 438 g/mol. The smallest absolute Gasteiger partial charge is 0.243 e. The van der Waals surface area contributed by atoms with Crippen molar-refractivity contribution in [2.45, 2.75) is 35.5 Å². The molecule has 0 unspecified atom stereocenters. The van der Waals surface area contributed by atoms with Crippen molar-refractivity contribution < 1.29 is 21.6 Å². The van der Waals surface area contributed by atoms with E-state index in [1.165, 1.54) is 34.6 Å². The molecule has 3 rings (SSSR count). The Hall–Kier alpha value is -2.43. The Kier molecular flexibility index (Phi) is 7.34. The lowest BCUT2D eigenvalue weighted by Gasteiger charge is -2.20. The Morgan fingerprint density at radius 2 is 1.52 bits per heavy atom. The second kappa shape index (κ2) is 9.80. The van der Waals surface area contributed by atoms with Gasteiger partial charge in [0.1, 0.15) is 0 Å². The SMILES string of the molecule is CS(=O)(=O)c1ccc(NC(=O)CNc2cccc(S(=O)(=O)N3CCCCCC3)c2)cc1. The van der Waals surface area contributed by atoms with Crippen molar-refractivity contribution in [1.82, 2.24) is 4.31 Å². The maximum Gasteiger partial charge on any atom is 0.243 e. The number of anilines is 2. The van der Waals surface area contributed by atoms with Gasteiger partial charge in [-0.05, 0) is 55.3 Å². The zero-order chi connectivity index (χ0) is 22.5. The van der Waals surface area contributed by atoms with Gasteiger partial charge in [0.25, 0.3) is 0 Å². The largest absolute Gasteiger partial charge is 0.376 e. The molecule has 1 amide bonds. The van der Waals surface area contributed by atoms with Gasteiger partial charge in [0.2, 0.25) is 15.9 Å². The van der Waals surface area contributed by atoms with E-state index in [-0.39, 0.29) is 22.2 Å². The summed E-state index contributed by atoms with van der Waals surface area (Å²) in [7, 11) is -6.87. The number of sulfone groups is 1. The van der Waals surface area contributed by atoms with Crippen molar-refractivity contribution in [1.29, 1.82) is 0 Å². The molecule has 1 heterocycles. The molecule has 10 heteroatoms. The Bertz CT molecular complexity index is 1120. The van der Waals surface area contributed by atoms with Crippen LogP contribution in [0, 0.1) is 0 Å². The van der Waals surface area contributed by atoms with Crippen molar-refractivity contribution in [3.63, 3.8) is 0 Å². The highest BCUT2D eigenvalue weighted by atomic mass is 32.2. The molecule has 2 aromatic rings. The van der Waals surface area contributed by atoms with Crippen LogP contribution in [0.5, 0.6) is 0 Å². The minimum Gasteiger partial charge on any atom is -0.376 e. The van der Waals surface area contributed by atoms with Gasteiger partial charge >= 0.3 is 0 Å². The number of rotatable bonds is 7. The summed E-state index contributed by atoms with van der Waals surface area (Å²) in [6.45, 7) is 0.988. The average Bonchev–Trinajstić information content (AvgIpc) is 3.02. The average molecular weight is 466 g/mol. The molecule has 1 fully saturated rings. The number of sulfonamides is 1. The molecule has 0 atom stereocenters. The summed E-state index contributed by atoms with van der Waals surface area (Å²) in [5, 5.41) is 5.61. The van der Waals surface area contributed by atoms with Crippen molar-refractivity contribution in [2.75, 3.05) is 36.5 Å². The molecule has 1 aliphatic heterocycles. The second-order valence-corrected chi connectivity index (χ2v) is 11.5. The molecule has 0 saturated carbocycles. The molecule has 0 aliphatic carbocycles. The molecule has 31 heavy (non-hydrogen) atoms. The number of hydrogen-bond acceptors (Lipinski definition) is 6. The lowest BCUT2D eigenvalue weighted by molar-refractivity contribution is -0.114. The van der Waals surface area contributed by atoms with E-state index in [4.69, 9.17) is 0 Å². The van der Waals surface area contributed by atoms with Gasteiger partial charge in [-0.1, -0.05) is 18.9 Å². The maximum atomic E-state index is 12.9. The van der Waals surface area contributed by atoms with Crippen LogP contribution in [-0.2, 0) is 24.7 Å². The highest BCUT2D eigenvalue weighted by Gasteiger charge is 2.25. The Balaban J connectivity index is 1.61. The number of hydrogen-bond donors (Lipinski definition) is 2. The van der Waals surface area contributed by atoms with Crippen LogP contribution in [0.2, 0.25) is 0 Å². The molecule has 168 valence electrons. The third kappa shape index (κ3) is 6.28. The van der Waals surface area contributed by atoms with Crippen molar-refractivity contribution in [3.8, 4) is 0 Å². The molecule has 0 radical (unpaired) electrons. The first-order chi connectivity index (χ1) is 14.7. The molecule has 1 aliphatic rings. The third-order valence-electron chi connectivity index (χ3n) is 5.06. The van der Waals surface area contributed by atoms with E-state index < -0.39 is 19.9 Å². The molecule has 0 spiro atoms. The standard InChI is InChI=1S/C21H27N3O5S2/c1-30(26,27)19-11-9-17(10-12-19)23-21(25)16-22-18-7-6-8-20(15-18)31(28,29)24-13-4-2-3-5-14-24/h6-12,15,22H,2-5,13-14,16H2,1H3,(H,23,25). The second-order valence-electron chi connectivity index (χ2n) is 7.54. The van der Waals surface area contributed by atoms with Crippen molar-refractivity contribution in [2.24, 2.45) is 0 Å². The monoisotopic (exact) mass is 465 g/mol. The zero-order valence-corrected chi connectivity index (χ0v) is 19.0. The fraction of sp³-hybridized carbons (Fsp3) is 0.381. The highest BCUT2D eigenvalue weighted by molar-refractivity contribution is 7.90. The minimum atomic E-state index is -3.57. The predicted octanol–water partition coefficient (Wildman–Crippen LogP) is 2.71. The number of nitrogens with zero attached hydrogens (tertiary/aromatic N) is 1. The van der Waals surface area contributed by atoms with Gasteiger partial charge in [-0.2, -0.15) is 4.31 Å². The Labute approximate surface area is 183 Å². The normalized spacial score (nSPS) is 15.8. The molecule has 8 nitrogen and oxygen atoms in total. The van der Waals surface area contributed by atoms with E-state index in [1.54, 1.807) is 18.2 Å². The summed E-state index contributed by atoms with van der Waals surface area (Å²) in [5.74, 6) is -0.340. The first-order valence-corrected chi connectivity index (χ1v) is 13.4. The van der Waals surface area contributed by atoms with E-state index in [9.17, 15) is 21.6 Å². The summed E-state index contributed by atoms with van der Waals surface area (Å²) in [6.07, 6.45) is 4.93. The number of carbonyl (C=O) groups is 1. The van der Waals surface area contributed by atoms with Gasteiger partial charge in [-0.3, -0.25) is 4.79 Å². The molecule has 2 N–H and O–H groups in total. The van der Waals surface area contributed by atoms with E-state index in [1.807, 2.05) is 0 Å².